The molecular formula is C44H28N6. The van der Waals surface area contributed by atoms with Crippen LogP contribution < -0.4 is 0 Å². The van der Waals surface area contributed by atoms with Crippen molar-refractivity contribution >= 4 is 43.6 Å². The van der Waals surface area contributed by atoms with Crippen molar-refractivity contribution < 1.29 is 0 Å². The van der Waals surface area contributed by atoms with Crippen molar-refractivity contribution in [3.63, 3.8) is 0 Å². The largest absolute Gasteiger partial charge is 0.309 e. The number of hydrogen-bond donors (Lipinski definition) is 0. The Morgan fingerprint density at radius 1 is 0.320 bits per heavy atom. The van der Waals surface area contributed by atoms with E-state index in [1.165, 1.54) is 27.2 Å². The van der Waals surface area contributed by atoms with Crippen LogP contribution >= 0.6 is 0 Å². The Morgan fingerprint density at radius 2 is 0.800 bits per heavy atom. The van der Waals surface area contributed by atoms with Crippen molar-refractivity contribution in [2.24, 2.45) is 0 Å². The predicted molar refractivity (Wildman–Crippen MR) is 203 cm³/mol. The van der Waals surface area contributed by atoms with Crippen molar-refractivity contribution in [1.82, 2.24) is 29.1 Å². The number of hydrogen-bond acceptors (Lipinski definition) is 4. The zero-order chi connectivity index (χ0) is 33.0. The first-order chi connectivity index (χ1) is 24.8. The van der Waals surface area contributed by atoms with Gasteiger partial charge < -0.3 is 4.57 Å². The van der Waals surface area contributed by atoms with Gasteiger partial charge in [-0.05, 0) is 48.5 Å². The number of nitrogens with zero attached hydrogens (tertiary/aromatic N) is 6. The molecule has 0 bridgehead atoms. The van der Waals surface area contributed by atoms with E-state index in [0.717, 1.165) is 39.1 Å². The summed E-state index contributed by atoms with van der Waals surface area (Å²) in [6.07, 6.45) is 0. The highest BCUT2D eigenvalue weighted by molar-refractivity contribution is 6.18. The summed E-state index contributed by atoms with van der Waals surface area (Å²) in [6, 6.07) is 58.6. The summed E-state index contributed by atoms with van der Waals surface area (Å²) in [4.78, 5) is 20.0. The van der Waals surface area contributed by atoms with E-state index in [4.69, 9.17) is 19.9 Å². The van der Waals surface area contributed by atoms with Gasteiger partial charge >= 0.3 is 0 Å². The molecule has 6 nitrogen and oxygen atoms in total. The van der Waals surface area contributed by atoms with Gasteiger partial charge in [-0.1, -0.05) is 121 Å². The lowest BCUT2D eigenvalue weighted by atomic mass is 10.1. The molecule has 234 valence electrons. The highest BCUT2D eigenvalue weighted by atomic mass is 15.1. The molecule has 6 heteroatoms. The van der Waals surface area contributed by atoms with Gasteiger partial charge in [0.25, 0.3) is 0 Å². The van der Waals surface area contributed by atoms with Crippen molar-refractivity contribution in [3.05, 3.63) is 170 Å². The molecule has 0 aliphatic rings. The molecule has 0 radical (unpaired) electrons. The van der Waals surface area contributed by atoms with Gasteiger partial charge in [0.05, 0.1) is 22.1 Å². The van der Waals surface area contributed by atoms with Gasteiger partial charge in [0.1, 0.15) is 11.5 Å². The molecule has 50 heavy (non-hydrogen) atoms. The fourth-order valence-electron chi connectivity index (χ4n) is 7.13. The molecule has 0 aliphatic carbocycles. The van der Waals surface area contributed by atoms with Gasteiger partial charge in [-0.25, -0.2) is 19.9 Å². The van der Waals surface area contributed by atoms with E-state index >= 15 is 0 Å². The molecule has 0 saturated heterocycles. The van der Waals surface area contributed by atoms with Crippen LogP contribution in [-0.2, 0) is 0 Å². The Morgan fingerprint density at radius 3 is 1.40 bits per heavy atom. The summed E-state index contributed by atoms with van der Waals surface area (Å²) in [7, 11) is 0. The van der Waals surface area contributed by atoms with Crippen LogP contribution in [0.4, 0.5) is 0 Å². The normalized spacial score (nSPS) is 11.6. The molecule has 10 aromatic rings. The summed E-state index contributed by atoms with van der Waals surface area (Å²) in [6.45, 7) is 0. The monoisotopic (exact) mass is 640 g/mol. The first-order valence-corrected chi connectivity index (χ1v) is 16.7. The topological polar surface area (TPSA) is 61.4 Å². The number of rotatable bonds is 5. The second-order valence-electron chi connectivity index (χ2n) is 12.3. The summed E-state index contributed by atoms with van der Waals surface area (Å²) in [5.41, 5.74) is 8.17. The van der Waals surface area contributed by atoms with Crippen molar-refractivity contribution in [3.8, 4) is 45.8 Å². The molecule has 0 amide bonds. The zero-order valence-corrected chi connectivity index (χ0v) is 26.8. The minimum Gasteiger partial charge on any atom is -0.309 e. The maximum absolute atomic E-state index is 5.26. The van der Waals surface area contributed by atoms with Crippen LogP contribution in [0.15, 0.2) is 170 Å². The van der Waals surface area contributed by atoms with Gasteiger partial charge in [-0.15, -0.1) is 0 Å². The highest BCUT2D eigenvalue weighted by Crippen LogP contribution is 2.39. The second-order valence-corrected chi connectivity index (χ2v) is 12.3. The average Bonchev–Trinajstić information content (AvgIpc) is 3.70. The molecule has 0 spiro atoms. The molecule has 10 rings (SSSR count). The molecule has 0 saturated carbocycles. The first kappa shape index (κ1) is 28.1. The van der Waals surface area contributed by atoms with Gasteiger partial charge in [-0.3, -0.25) is 4.57 Å². The molecular weight excluding hydrogens is 613 g/mol. The SMILES string of the molecule is c1ccc(-c2nc(-c3ccccc3)nc(-c3cccc(-n4c5ccccc5c5cc6c(cc54)c4ccccc4n6-c4ccccc4)n3)n2)cc1. The first-order valence-electron chi connectivity index (χ1n) is 16.7. The Labute approximate surface area is 287 Å². The fraction of sp³-hybridized carbons (Fsp3) is 0. The molecule has 0 fully saturated rings. The molecule has 0 N–H and O–H groups in total. The van der Waals surface area contributed by atoms with E-state index in [-0.39, 0.29) is 0 Å². The summed E-state index contributed by atoms with van der Waals surface area (Å²) in [5, 5.41) is 4.73. The number of aromatic nitrogens is 6. The van der Waals surface area contributed by atoms with E-state index in [0.29, 0.717) is 23.2 Å². The van der Waals surface area contributed by atoms with Crippen molar-refractivity contribution in [2.75, 3.05) is 0 Å². The van der Waals surface area contributed by atoms with Gasteiger partial charge in [0, 0.05) is 38.4 Å². The van der Waals surface area contributed by atoms with E-state index < -0.39 is 0 Å². The number of pyridine rings is 1. The van der Waals surface area contributed by atoms with Crippen LogP contribution in [-0.4, -0.2) is 29.1 Å². The third-order valence-electron chi connectivity index (χ3n) is 9.37. The van der Waals surface area contributed by atoms with Crippen molar-refractivity contribution in [2.45, 2.75) is 0 Å². The summed E-state index contributed by atoms with van der Waals surface area (Å²) < 4.78 is 4.63. The van der Waals surface area contributed by atoms with E-state index in [2.05, 4.69) is 106 Å². The Balaban J connectivity index is 1.21. The van der Waals surface area contributed by atoms with E-state index in [9.17, 15) is 0 Å². The van der Waals surface area contributed by atoms with Gasteiger partial charge in [-0.2, -0.15) is 0 Å². The van der Waals surface area contributed by atoms with Crippen LogP contribution in [0.3, 0.4) is 0 Å². The zero-order valence-electron chi connectivity index (χ0n) is 26.8. The van der Waals surface area contributed by atoms with Crippen LogP contribution in [0.25, 0.3) is 89.4 Å². The third-order valence-corrected chi connectivity index (χ3v) is 9.37. The summed E-state index contributed by atoms with van der Waals surface area (Å²) in [5.74, 6) is 2.53. The minimum absolute atomic E-state index is 0.522. The quantitative estimate of drug-likeness (QED) is 0.188. The van der Waals surface area contributed by atoms with Crippen LogP contribution in [0.5, 0.6) is 0 Å². The maximum Gasteiger partial charge on any atom is 0.182 e. The fourth-order valence-corrected chi connectivity index (χ4v) is 7.13. The molecule has 0 unspecified atom stereocenters. The molecule has 4 aromatic heterocycles. The lowest BCUT2D eigenvalue weighted by molar-refractivity contribution is 1.03. The number of fused-ring (bicyclic) bond motifs is 6. The Kier molecular flexibility index (Phi) is 6.39. The number of para-hydroxylation sites is 3. The van der Waals surface area contributed by atoms with Crippen LogP contribution in [0.2, 0.25) is 0 Å². The molecule has 0 atom stereocenters. The number of benzene rings is 6. The van der Waals surface area contributed by atoms with Crippen molar-refractivity contribution in [1.29, 1.82) is 0 Å². The Hall–Kier alpha value is -6.92. The smallest absolute Gasteiger partial charge is 0.182 e. The standard InChI is InChI=1S/C44H28N6/c1-4-15-29(16-5-1)42-46-43(30-17-6-2-7-18-30)48-44(47-42)36-23-14-26-41(45-36)50-38-25-13-11-22-33(38)35-27-39-34(28-40(35)50)32-21-10-12-24-37(32)49(39)31-19-8-3-9-20-31/h1-28H. The lowest BCUT2D eigenvalue weighted by Crippen LogP contribution is -2.03. The average molecular weight is 641 g/mol. The molecule has 0 aliphatic heterocycles. The third kappa shape index (κ3) is 4.50. The maximum atomic E-state index is 5.26. The van der Waals surface area contributed by atoms with E-state index in [1.54, 1.807) is 0 Å². The van der Waals surface area contributed by atoms with Crippen LogP contribution in [0, 0.1) is 0 Å². The summed E-state index contributed by atoms with van der Waals surface area (Å²) >= 11 is 0. The van der Waals surface area contributed by atoms with Gasteiger partial charge in [0.2, 0.25) is 0 Å². The minimum atomic E-state index is 0.522. The lowest BCUT2D eigenvalue weighted by Gasteiger charge is -2.11. The predicted octanol–water partition coefficient (Wildman–Crippen LogP) is 10.5. The highest BCUT2D eigenvalue weighted by Gasteiger charge is 2.20. The molecule has 6 aromatic carbocycles. The van der Waals surface area contributed by atoms with Crippen LogP contribution in [0.1, 0.15) is 0 Å². The Bertz CT molecular complexity index is 2800. The van der Waals surface area contributed by atoms with E-state index in [1.807, 2.05) is 72.8 Å². The second kappa shape index (κ2) is 11.4. The van der Waals surface area contributed by atoms with Gasteiger partial charge in [0.15, 0.2) is 17.5 Å². The molecule has 4 heterocycles.